The van der Waals surface area contributed by atoms with Crippen LogP contribution in [0, 0.1) is 0 Å². The highest BCUT2D eigenvalue weighted by Crippen LogP contribution is 1.84. The van der Waals surface area contributed by atoms with Crippen LogP contribution in [0.5, 0.6) is 0 Å². The average Bonchev–Trinajstić information content (AvgIpc) is 2.11. The first-order chi connectivity index (χ1) is 6.47. The SMILES string of the molecule is CCC(N)C(=O)NCC(=O)NC(C)C. The smallest absolute Gasteiger partial charge is 0.239 e. The molecular formula is C9H19N3O2. The number of rotatable bonds is 5. The van der Waals surface area contributed by atoms with Gasteiger partial charge < -0.3 is 16.4 Å². The summed E-state index contributed by atoms with van der Waals surface area (Å²) >= 11 is 0. The fraction of sp³-hybridized carbons (Fsp3) is 0.778. The zero-order chi connectivity index (χ0) is 11.1. The second-order valence-corrected chi connectivity index (χ2v) is 3.45. The van der Waals surface area contributed by atoms with Gasteiger partial charge in [-0.2, -0.15) is 0 Å². The van der Waals surface area contributed by atoms with E-state index in [1.807, 2.05) is 20.8 Å². The van der Waals surface area contributed by atoms with Crippen LogP contribution < -0.4 is 16.4 Å². The Labute approximate surface area is 84.4 Å². The molecule has 1 atom stereocenters. The molecule has 5 nitrogen and oxygen atoms in total. The van der Waals surface area contributed by atoms with Crippen molar-refractivity contribution in [1.82, 2.24) is 10.6 Å². The first kappa shape index (κ1) is 12.9. The van der Waals surface area contributed by atoms with Gasteiger partial charge in [-0.15, -0.1) is 0 Å². The lowest BCUT2D eigenvalue weighted by Gasteiger charge is -2.11. The molecule has 0 aliphatic heterocycles. The lowest BCUT2D eigenvalue weighted by molar-refractivity contribution is -0.127. The molecule has 5 heteroatoms. The minimum Gasteiger partial charge on any atom is -0.352 e. The summed E-state index contributed by atoms with van der Waals surface area (Å²) in [7, 11) is 0. The van der Waals surface area contributed by atoms with Gasteiger partial charge in [0.1, 0.15) is 0 Å². The van der Waals surface area contributed by atoms with Crippen LogP contribution in [0.1, 0.15) is 27.2 Å². The number of carbonyl (C=O) groups is 2. The molecule has 0 fully saturated rings. The van der Waals surface area contributed by atoms with Gasteiger partial charge in [0.05, 0.1) is 12.6 Å². The van der Waals surface area contributed by atoms with E-state index in [4.69, 9.17) is 5.73 Å². The zero-order valence-corrected chi connectivity index (χ0v) is 8.96. The van der Waals surface area contributed by atoms with Gasteiger partial charge in [-0.1, -0.05) is 6.92 Å². The Morgan fingerprint density at radius 2 is 1.93 bits per heavy atom. The lowest BCUT2D eigenvalue weighted by atomic mass is 10.2. The minimum absolute atomic E-state index is 0.00921. The highest BCUT2D eigenvalue weighted by Gasteiger charge is 2.11. The monoisotopic (exact) mass is 201 g/mol. The number of nitrogens with two attached hydrogens (primary N) is 1. The second kappa shape index (κ2) is 6.37. The van der Waals surface area contributed by atoms with Crippen molar-refractivity contribution in [2.75, 3.05) is 6.54 Å². The van der Waals surface area contributed by atoms with E-state index in [-0.39, 0.29) is 24.4 Å². The van der Waals surface area contributed by atoms with Crippen molar-refractivity contribution in [3.8, 4) is 0 Å². The molecule has 0 radical (unpaired) electrons. The highest BCUT2D eigenvalue weighted by atomic mass is 16.2. The quantitative estimate of drug-likeness (QED) is 0.553. The molecule has 82 valence electrons. The van der Waals surface area contributed by atoms with Crippen molar-refractivity contribution in [2.45, 2.75) is 39.3 Å². The molecule has 0 spiro atoms. The Hall–Kier alpha value is -1.10. The summed E-state index contributed by atoms with van der Waals surface area (Å²) in [6.07, 6.45) is 0.567. The molecule has 0 rings (SSSR count). The highest BCUT2D eigenvalue weighted by molar-refractivity contribution is 5.87. The Morgan fingerprint density at radius 1 is 1.36 bits per heavy atom. The standard InChI is InChI=1S/C9H19N3O2/c1-4-7(10)9(14)11-5-8(13)12-6(2)3/h6-7H,4-5,10H2,1-3H3,(H,11,14)(H,12,13). The first-order valence-corrected chi connectivity index (χ1v) is 4.80. The molecule has 0 aromatic rings. The lowest BCUT2D eigenvalue weighted by Crippen LogP contribution is -2.45. The third-order valence-electron chi connectivity index (χ3n) is 1.65. The fourth-order valence-corrected chi connectivity index (χ4v) is 0.857. The topological polar surface area (TPSA) is 84.2 Å². The molecule has 0 heterocycles. The molecule has 0 aromatic carbocycles. The Kier molecular flexibility index (Phi) is 5.87. The molecule has 0 saturated heterocycles. The van der Waals surface area contributed by atoms with Crippen LogP contribution in [-0.4, -0.2) is 30.4 Å². The van der Waals surface area contributed by atoms with E-state index in [0.29, 0.717) is 6.42 Å². The third kappa shape index (κ3) is 5.53. The number of hydrogen-bond acceptors (Lipinski definition) is 3. The van der Waals surface area contributed by atoms with Gasteiger partial charge in [-0.05, 0) is 20.3 Å². The summed E-state index contributed by atoms with van der Waals surface area (Å²) in [5.74, 6) is -0.483. The third-order valence-corrected chi connectivity index (χ3v) is 1.65. The van der Waals surface area contributed by atoms with Gasteiger partial charge in [0.15, 0.2) is 0 Å². The van der Waals surface area contributed by atoms with Gasteiger partial charge in [-0.3, -0.25) is 9.59 Å². The Bertz CT molecular complexity index is 204. The second-order valence-electron chi connectivity index (χ2n) is 3.45. The molecule has 1 unspecified atom stereocenters. The van der Waals surface area contributed by atoms with Crippen LogP contribution in [0.2, 0.25) is 0 Å². The minimum atomic E-state index is -0.526. The maximum absolute atomic E-state index is 11.1. The summed E-state index contributed by atoms with van der Waals surface area (Å²) in [5, 5.41) is 5.12. The van der Waals surface area contributed by atoms with Crippen molar-refractivity contribution in [3.05, 3.63) is 0 Å². The number of amides is 2. The van der Waals surface area contributed by atoms with Gasteiger partial charge in [0.2, 0.25) is 11.8 Å². The summed E-state index contributed by atoms with van der Waals surface area (Å²) in [6.45, 7) is 5.53. The van der Waals surface area contributed by atoms with E-state index in [2.05, 4.69) is 10.6 Å². The Balaban J connectivity index is 3.72. The van der Waals surface area contributed by atoms with Gasteiger partial charge in [0, 0.05) is 6.04 Å². The van der Waals surface area contributed by atoms with Crippen molar-refractivity contribution in [1.29, 1.82) is 0 Å². The van der Waals surface area contributed by atoms with E-state index in [1.54, 1.807) is 0 Å². The first-order valence-electron chi connectivity index (χ1n) is 4.80. The summed E-state index contributed by atoms with van der Waals surface area (Å²) in [5.41, 5.74) is 5.46. The van der Waals surface area contributed by atoms with E-state index in [1.165, 1.54) is 0 Å². The Morgan fingerprint density at radius 3 is 2.36 bits per heavy atom. The van der Waals surface area contributed by atoms with Crippen LogP contribution in [0.3, 0.4) is 0 Å². The molecule has 2 amide bonds. The normalized spacial score (nSPS) is 12.4. The largest absolute Gasteiger partial charge is 0.352 e. The van der Waals surface area contributed by atoms with Crippen LogP contribution in [0.25, 0.3) is 0 Å². The molecule has 0 saturated carbocycles. The predicted molar refractivity (Wildman–Crippen MR) is 54.6 cm³/mol. The van der Waals surface area contributed by atoms with Crippen LogP contribution in [-0.2, 0) is 9.59 Å². The maximum Gasteiger partial charge on any atom is 0.239 e. The molecule has 4 N–H and O–H groups in total. The van der Waals surface area contributed by atoms with E-state index < -0.39 is 6.04 Å². The van der Waals surface area contributed by atoms with Crippen molar-refractivity contribution in [3.63, 3.8) is 0 Å². The van der Waals surface area contributed by atoms with E-state index in [9.17, 15) is 9.59 Å². The zero-order valence-electron chi connectivity index (χ0n) is 8.96. The average molecular weight is 201 g/mol. The molecule has 14 heavy (non-hydrogen) atoms. The fourth-order valence-electron chi connectivity index (χ4n) is 0.857. The number of hydrogen-bond donors (Lipinski definition) is 3. The maximum atomic E-state index is 11.1. The summed E-state index contributed by atoms with van der Waals surface area (Å²) in [6, 6.07) is -0.443. The van der Waals surface area contributed by atoms with Crippen LogP contribution >= 0.6 is 0 Å². The van der Waals surface area contributed by atoms with Crippen molar-refractivity contribution < 1.29 is 9.59 Å². The van der Waals surface area contributed by atoms with Crippen LogP contribution in [0.15, 0.2) is 0 Å². The van der Waals surface area contributed by atoms with Gasteiger partial charge >= 0.3 is 0 Å². The molecule has 0 aliphatic rings. The van der Waals surface area contributed by atoms with Gasteiger partial charge in [-0.25, -0.2) is 0 Å². The number of carbonyl (C=O) groups excluding carboxylic acids is 2. The van der Waals surface area contributed by atoms with Crippen molar-refractivity contribution >= 4 is 11.8 Å². The molecular weight excluding hydrogens is 182 g/mol. The van der Waals surface area contributed by atoms with E-state index in [0.717, 1.165) is 0 Å². The van der Waals surface area contributed by atoms with Crippen molar-refractivity contribution in [2.24, 2.45) is 5.73 Å². The summed E-state index contributed by atoms with van der Waals surface area (Å²) < 4.78 is 0. The van der Waals surface area contributed by atoms with E-state index >= 15 is 0 Å². The summed E-state index contributed by atoms with van der Waals surface area (Å²) in [4.78, 5) is 22.3. The molecule has 0 aliphatic carbocycles. The molecule has 0 bridgehead atoms. The molecule has 0 aromatic heterocycles. The van der Waals surface area contributed by atoms with Gasteiger partial charge in [0.25, 0.3) is 0 Å². The predicted octanol–water partition coefficient (Wildman–Crippen LogP) is -0.635. The van der Waals surface area contributed by atoms with Crippen LogP contribution in [0.4, 0.5) is 0 Å². The number of nitrogens with one attached hydrogen (secondary N) is 2.